The predicted molar refractivity (Wildman–Crippen MR) is 89.6 cm³/mol. The minimum absolute atomic E-state index is 0.0137. The molecule has 1 amide bonds. The maximum Gasteiger partial charge on any atom is 0.269 e. The number of carbonyl (C=O) groups is 1. The van der Waals surface area contributed by atoms with Gasteiger partial charge >= 0.3 is 0 Å². The summed E-state index contributed by atoms with van der Waals surface area (Å²) in [5, 5.41) is 3.11. The van der Waals surface area contributed by atoms with Crippen LogP contribution >= 0.6 is 0 Å². The number of rotatable bonds is 5. The Morgan fingerprint density at radius 2 is 2.25 bits per heavy atom. The van der Waals surface area contributed by atoms with Crippen LogP contribution in [0.3, 0.4) is 0 Å². The molecule has 1 aliphatic heterocycles. The number of likely N-dealkylation sites (N-methyl/N-ethyl adjacent to an activating group) is 1. The summed E-state index contributed by atoms with van der Waals surface area (Å²) in [6.07, 6.45) is 6.75. The molecule has 0 saturated heterocycles. The van der Waals surface area contributed by atoms with Gasteiger partial charge in [-0.05, 0) is 24.8 Å². The summed E-state index contributed by atoms with van der Waals surface area (Å²) in [7, 11) is 1.82. The van der Waals surface area contributed by atoms with Crippen molar-refractivity contribution in [3.05, 3.63) is 29.6 Å². The third-order valence-corrected chi connectivity index (χ3v) is 4.10. The van der Waals surface area contributed by atoms with Crippen molar-refractivity contribution in [1.82, 2.24) is 20.2 Å². The Morgan fingerprint density at radius 3 is 2.92 bits per heavy atom. The molecule has 0 bridgehead atoms. The van der Waals surface area contributed by atoms with Crippen molar-refractivity contribution >= 4 is 17.9 Å². The zero-order valence-corrected chi connectivity index (χ0v) is 14.2. The molecule has 7 heteroatoms. The van der Waals surface area contributed by atoms with Crippen molar-refractivity contribution in [3.63, 3.8) is 0 Å². The minimum atomic E-state index is -0.546. The summed E-state index contributed by atoms with van der Waals surface area (Å²) in [4.78, 5) is 26.5. The first-order chi connectivity index (χ1) is 11.5. The SMILES string of the molecule is CC(C)/C=N\c1nc(C2C=C(C(=O)N(C)C3CC3)NC2)ncc1F. The highest BCUT2D eigenvalue weighted by atomic mass is 19.1. The van der Waals surface area contributed by atoms with Crippen LogP contribution in [0.1, 0.15) is 38.4 Å². The lowest BCUT2D eigenvalue weighted by Crippen LogP contribution is -2.33. The van der Waals surface area contributed by atoms with E-state index in [1.807, 2.05) is 27.0 Å². The smallest absolute Gasteiger partial charge is 0.269 e. The van der Waals surface area contributed by atoms with Crippen molar-refractivity contribution in [2.45, 2.75) is 38.6 Å². The summed E-state index contributed by atoms with van der Waals surface area (Å²) in [6.45, 7) is 4.45. The van der Waals surface area contributed by atoms with Crippen molar-refractivity contribution in [2.75, 3.05) is 13.6 Å². The molecule has 128 valence electrons. The van der Waals surface area contributed by atoms with Crippen LogP contribution in [0.2, 0.25) is 0 Å². The van der Waals surface area contributed by atoms with Crippen LogP contribution < -0.4 is 5.32 Å². The molecule has 1 aliphatic carbocycles. The Labute approximate surface area is 140 Å². The summed E-state index contributed by atoms with van der Waals surface area (Å²) >= 11 is 0. The lowest BCUT2D eigenvalue weighted by Gasteiger charge is -2.16. The average Bonchev–Trinajstić information content (AvgIpc) is 3.29. The van der Waals surface area contributed by atoms with Gasteiger partial charge in [-0.15, -0.1) is 0 Å². The van der Waals surface area contributed by atoms with Crippen LogP contribution in [0, 0.1) is 11.7 Å². The zero-order valence-electron chi connectivity index (χ0n) is 14.2. The van der Waals surface area contributed by atoms with Gasteiger partial charge in [0.25, 0.3) is 5.91 Å². The Balaban J connectivity index is 1.77. The second kappa shape index (κ2) is 6.67. The van der Waals surface area contributed by atoms with Gasteiger partial charge in [0.2, 0.25) is 0 Å². The molecule has 2 aliphatic rings. The third-order valence-electron chi connectivity index (χ3n) is 4.10. The van der Waals surface area contributed by atoms with Gasteiger partial charge in [0.1, 0.15) is 5.82 Å². The molecule has 1 N–H and O–H groups in total. The Kier molecular flexibility index (Phi) is 4.59. The lowest BCUT2D eigenvalue weighted by atomic mass is 10.1. The first kappa shape index (κ1) is 16.5. The summed E-state index contributed by atoms with van der Waals surface area (Å²) < 4.78 is 13.8. The summed E-state index contributed by atoms with van der Waals surface area (Å²) in [5.74, 6) is -0.00707. The van der Waals surface area contributed by atoms with E-state index in [0.717, 1.165) is 19.0 Å². The number of hydrogen-bond acceptors (Lipinski definition) is 5. The number of aliphatic imine (C=N–C) groups is 1. The predicted octanol–water partition coefficient (Wildman–Crippen LogP) is 2.17. The minimum Gasteiger partial charge on any atom is -0.380 e. The Bertz CT molecular complexity index is 696. The van der Waals surface area contributed by atoms with Gasteiger partial charge in [0, 0.05) is 25.8 Å². The van der Waals surface area contributed by atoms with E-state index in [2.05, 4.69) is 20.3 Å². The Hall–Kier alpha value is -2.31. The molecule has 1 aromatic rings. The molecule has 6 nitrogen and oxygen atoms in total. The first-order valence-corrected chi connectivity index (χ1v) is 8.25. The van der Waals surface area contributed by atoms with Crippen LogP contribution in [0.15, 0.2) is 23.0 Å². The van der Waals surface area contributed by atoms with Crippen molar-refractivity contribution in [3.8, 4) is 0 Å². The number of amides is 1. The fourth-order valence-corrected chi connectivity index (χ4v) is 2.53. The highest BCUT2D eigenvalue weighted by Gasteiger charge is 2.33. The number of aromatic nitrogens is 2. The number of nitrogens with one attached hydrogen (secondary N) is 1. The van der Waals surface area contributed by atoms with Gasteiger partial charge in [-0.3, -0.25) is 4.79 Å². The topological polar surface area (TPSA) is 70.5 Å². The number of nitrogens with zero attached hydrogens (tertiary/aromatic N) is 4. The fraction of sp³-hybridized carbons (Fsp3) is 0.529. The largest absolute Gasteiger partial charge is 0.380 e. The monoisotopic (exact) mass is 331 g/mol. The van der Waals surface area contributed by atoms with Gasteiger partial charge in [-0.2, -0.15) is 0 Å². The average molecular weight is 331 g/mol. The highest BCUT2D eigenvalue weighted by Crippen LogP contribution is 2.28. The van der Waals surface area contributed by atoms with Crippen molar-refractivity contribution < 1.29 is 9.18 Å². The number of hydrogen-bond donors (Lipinski definition) is 1. The fourth-order valence-electron chi connectivity index (χ4n) is 2.53. The summed E-state index contributed by atoms with van der Waals surface area (Å²) in [5.41, 5.74) is 0.564. The van der Waals surface area contributed by atoms with E-state index in [1.165, 1.54) is 0 Å². The molecule has 0 radical (unpaired) electrons. The van der Waals surface area contributed by atoms with E-state index < -0.39 is 5.82 Å². The number of halogens is 1. The van der Waals surface area contributed by atoms with E-state index in [9.17, 15) is 9.18 Å². The first-order valence-electron chi connectivity index (χ1n) is 8.25. The molecule has 1 saturated carbocycles. The Morgan fingerprint density at radius 1 is 1.50 bits per heavy atom. The molecule has 24 heavy (non-hydrogen) atoms. The quantitative estimate of drug-likeness (QED) is 0.840. The molecule has 1 unspecified atom stereocenters. The van der Waals surface area contributed by atoms with Gasteiger partial charge in [-0.25, -0.2) is 19.4 Å². The van der Waals surface area contributed by atoms with Crippen molar-refractivity contribution in [1.29, 1.82) is 0 Å². The van der Waals surface area contributed by atoms with Crippen LogP contribution in [0.25, 0.3) is 0 Å². The standard InChI is InChI=1S/C17H22FN5O/c1-10(2)7-20-16-13(18)9-21-15(22-16)11-6-14(19-8-11)17(24)23(3)12-4-5-12/h6-7,9-12,19H,4-5,8H2,1-3H3/b20-7-. The molecule has 3 rings (SSSR count). The van der Waals surface area contributed by atoms with E-state index >= 15 is 0 Å². The molecule has 1 atom stereocenters. The van der Waals surface area contributed by atoms with Crippen LogP contribution in [-0.4, -0.2) is 46.6 Å². The molecule has 1 aromatic heterocycles. The molecule has 0 aromatic carbocycles. The van der Waals surface area contributed by atoms with E-state index in [4.69, 9.17) is 0 Å². The second-order valence-electron chi connectivity index (χ2n) is 6.64. The van der Waals surface area contributed by atoms with E-state index in [0.29, 0.717) is 24.1 Å². The second-order valence-corrected chi connectivity index (χ2v) is 6.64. The van der Waals surface area contributed by atoms with Gasteiger partial charge in [0.15, 0.2) is 11.6 Å². The number of carbonyl (C=O) groups excluding carboxylic acids is 1. The van der Waals surface area contributed by atoms with Crippen molar-refractivity contribution in [2.24, 2.45) is 10.9 Å². The lowest BCUT2D eigenvalue weighted by molar-refractivity contribution is -0.126. The van der Waals surface area contributed by atoms with Crippen LogP contribution in [0.4, 0.5) is 10.2 Å². The van der Waals surface area contributed by atoms with Gasteiger partial charge < -0.3 is 10.2 Å². The van der Waals surface area contributed by atoms with Crippen LogP contribution in [0.5, 0.6) is 0 Å². The molecule has 2 heterocycles. The highest BCUT2D eigenvalue weighted by molar-refractivity contribution is 5.93. The van der Waals surface area contributed by atoms with Crippen LogP contribution in [-0.2, 0) is 4.79 Å². The van der Waals surface area contributed by atoms with E-state index in [-0.39, 0.29) is 23.6 Å². The van der Waals surface area contributed by atoms with E-state index in [1.54, 1.807) is 11.1 Å². The molecule has 1 fully saturated rings. The maximum atomic E-state index is 13.8. The molecular formula is C17H22FN5O. The normalized spacial score (nSPS) is 20.4. The third kappa shape index (κ3) is 3.60. The molecule has 0 spiro atoms. The van der Waals surface area contributed by atoms with Gasteiger partial charge in [-0.1, -0.05) is 13.8 Å². The zero-order chi connectivity index (χ0) is 17.3. The van der Waals surface area contributed by atoms with Gasteiger partial charge in [0.05, 0.1) is 17.8 Å². The molecular weight excluding hydrogens is 309 g/mol. The summed E-state index contributed by atoms with van der Waals surface area (Å²) in [6, 6.07) is 0.360. The maximum absolute atomic E-state index is 13.8.